The summed E-state index contributed by atoms with van der Waals surface area (Å²) in [6.45, 7) is 0. The number of allylic oxidation sites excluding steroid dienone is 6. The molecule has 2 heterocycles. The molecule has 0 aliphatic carbocycles. The molecule has 0 saturated carbocycles. The van der Waals surface area contributed by atoms with Crippen LogP contribution in [0.5, 0.6) is 0 Å². The Balaban J connectivity index is 1.26. The molecule has 0 atom stereocenters. The minimum atomic E-state index is 0.0333. The van der Waals surface area contributed by atoms with Crippen LogP contribution in [0.3, 0.4) is 0 Å². The van der Waals surface area contributed by atoms with Crippen molar-refractivity contribution in [1.29, 1.82) is 10.5 Å². The number of fused-ring (bicyclic) bond motifs is 3. The highest BCUT2D eigenvalue weighted by molar-refractivity contribution is 6.09. The van der Waals surface area contributed by atoms with Gasteiger partial charge in [-0.25, -0.2) is 0 Å². The van der Waals surface area contributed by atoms with Crippen molar-refractivity contribution in [3.63, 3.8) is 0 Å². The van der Waals surface area contributed by atoms with Crippen LogP contribution >= 0.6 is 0 Å². The van der Waals surface area contributed by atoms with E-state index in [1.807, 2.05) is 79.7 Å². The van der Waals surface area contributed by atoms with Gasteiger partial charge in [-0.15, -0.1) is 0 Å². The Morgan fingerprint density at radius 2 is 1.14 bits per heavy atom. The number of nitriles is 2. The van der Waals surface area contributed by atoms with Crippen LogP contribution < -0.4 is 4.90 Å². The fourth-order valence-electron chi connectivity index (χ4n) is 5.18. The van der Waals surface area contributed by atoms with Gasteiger partial charge in [0.2, 0.25) is 0 Å². The lowest BCUT2D eigenvalue weighted by molar-refractivity contribution is 0.332. The molecule has 0 bridgehead atoms. The summed E-state index contributed by atoms with van der Waals surface area (Å²) >= 11 is 0. The molecule has 4 aromatic carbocycles. The van der Waals surface area contributed by atoms with E-state index in [1.54, 1.807) is 12.2 Å². The lowest BCUT2D eigenvalue weighted by Gasteiger charge is -2.14. The fraction of sp³-hybridized carbons (Fsp3) is 0.0526. The van der Waals surface area contributed by atoms with E-state index in [0.717, 1.165) is 22.5 Å². The van der Waals surface area contributed by atoms with Crippen LogP contribution in [-0.4, -0.2) is 18.7 Å². The number of nitrogens with zero attached hydrogens (tertiary/aromatic N) is 4. The summed E-state index contributed by atoms with van der Waals surface area (Å²) in [5.41, 5.74) is 7.07. The van der Waals surface area contributed by atoms with Crippen LogP contribution in [0.4, 0.5) is 5.69 Å². The first-order valence-corrected chi connectivity index (χ1v) is 13.9. The van der Waals surface area contributed by atoms with Crippen molar-refractivity contribution < 1.29 is 4.74 Å². The van der Waals surface area contributed by atoms with Crippen molar-refractivity contribution in [2.75, 3.05) is 19.0 Å². The van der Waals surface area contributed by atoms with Gasteiger partial charge in [0.05, 0.1) is 11.0 Å². The second kappa shape index (κ2) is 11.8. The van der Waals surface area contributed by atoms with Gasteiger partial charge < -0.3 is 14.2 Å². The predicted molar refractivity (Wildman–Crippen MR) is 175 cm³/mol. The lowest BCUT2D eigenvalue weighted by Crippen LogP contribution is -2.07. The zero-order valence-corrected chi connectivity index (χ0v) is 23.9. The Bertz CT molecular complexity index is 2000. The molecule has 1 aliphatic heterocycles. The molecule has 5 aromatic rings. The van der Waals surface area contributed by atoms with Crippen molar-refractivity contribution >= 4 is 39.6 Å². The van der Waals surface area contributed by atoms with Crippen LogP contribution in [-0.2, 0) is 4.74 Å². The summed E-state index contributed by atoms with van der Waals surface area (Å²) < 4.78 is 8.41. The second-order valence-corrected chi connectivity index (χ2v) is 10.4. The first-order valence-electron chi connectivity index (χ1n) is 13.9. The van der Waals surface area contributed by atoms with Crippen molar-refractivity contribution in [3.05, 3.63) is 155 Å². The van der Waals surface area contributed by atoms with Crippen molar-refractivity contribution in [1.82, 2.24) is 4.57 Å². The first-order chi connectivity index (χ1) is 21.0. The number of rotatable bonds is 6. The van der Waals surface area contributed by atoms with Crippen LogP contribution in [0.1, 0.15) is 11.1 Å². The van der Waals surface area contributed by atoms with Crippen molar-refractivity contribution in [2.45, 2.75) is 0 Å². The maximum absolute atomic E-state index is 9.50. The highest BCUT2D eigenvalue weighted by Gasteiger charge is 2.13. The molecular weight excluding hydrogens is 528 g/mol. The smallest absolute Gasteiger partial charge is 0.137 e. The third-order valence-electron chi connectivity index (χ3n) is 7.36. The standard InChI is InChI=1S/C38H28N4O/c1-41(2)31-17-11-27(12-18-31)15-21-33-23-29(30(25-39)26-40)24-34(43-33)22-16-28-13-19-32(20-14-28)42-37-9-5-3-7-35(37)36-8-4-6-10-38(36)42/h3-24H,1-2H3/b21-15+,22-16+. The molecule has 1 aliphatic rings. The Morgan fingerprint density at radius 3 is 1.63 bits per heavy atom. The molecule has 0 amide bonds. The van der Waals surface area contributed by atoms with E-state index in [-0.39, 0.29) is 5.57 Å². The summed E-state index contributed by atoms with van der Waals surface area (Å²) in [5.74, 6) is 1.08. The maximum Gasteiger partial charge on any atom is 0.137 e. The average Bonchev–Trinajstić information content (AvgIpc) is 3.38. The summed E-state index contributed by atoms with van der Waals surface area (Å²) in [6, 6.07) is 37.4. The number of hydrogen-bond donors (Lipinski definition) is 0. The molecule has 0 unspecified atom stereocenters. The normalized spacial score (nSPS) is 13.1. The molecule has 206 valence electrons. The van der Waals surface area contributed by atoms with Gasteiger partial charge in [0.15, 0.2) is 0 Å². The summed E-state index contributed by atoms with van der Waals surface area (Å²) in [6.07, 6.45) is 11.0. The summed E-state index contributed by atoms with van der Waals surface area (Å²) in [7, 11) is 4.01. The van der Waals surface area contributed by atoms with Gasteiger partial charge in [-0.2, -0.15) is 10.5 Å². The van der Waals surface area contributed by atoms with Gasteiger partial charge in [-0.05, 0) is 71.8 Å². The van der Waals surface area contributed by atoms with Crippen LogP contribution in [0.15, 0.2) is 144 Å². The number of aromatic nitrogens is 1. The Morgan fingerprint density at radius 1 is 0.651 bits per heavy atom. The molecule has 6 rings (SSSR count). The topological polar surface area (TPSA) is 65.0 Å². The monoisotopic (exact) mass is 556 g/mol. The average molecular weight is 557 g/mol. The predicted octanol–water partition coefficient (Wildman–Crippen LogP) is 8.72. The number of para-hydroxylation sites is 2. The second-order valence-electron chi connectivity index (χ2n) is 10.4. The first kappa shape index (κ1) is 27.1. The van der Waals surface area contributed by atoms with Gasteiger partial charge in [0.1, 0.15) is 29.2 Å². The van der Waals surface area contributed by atoms with E-state index >= 15 is 0 Å². The van der Waals surface area contributed by atoms with Gasteiger partial charge in [0, 0.05) is 41.8 Å². The third kappa shape index (κ3) is 5.61. The molecule has 5 heteroatoms. The highest BCUT2D eigenvalue weighted by atomic mass is 16.5. The van der Waals surface area contributed by atoms with Gasteiger partial charge >= 0.3 is 0 Å². The zero-order valence-electron chi connectivity index (χ0n) is 23.9. The van der Waals surface area contributed by atoms with Gasteiger partial charge in [-0.1, -0.05) is 72.8 Å². The van der Waals surface area contributed by atoms with Crippen LogP contribution in [0.25, 0.3) is 39.6 Å². The number of ether oxygens (including phenoxy) is 1. The Hall–Kier alpha value is -6.04. The minimum Gasteiger partial charge on any atom is -0.457 e. The molecular formula is C38H28N4O. The van der Waals surface area contributed by atoms with E-state index in [0.29, 0.717) is 17.1 Å². The van der Waals surface area contributed by atoms with Crippen LogP contribution in [0, 0.1) is 22.7 Å². The van der Waals surface area contributed by atoms with E-state index < -0.39 is 0 Å². The molecule has 0 N–H and O–H groups in total. The van der Waals surface area contributed by atoms with Crippen LogP contribution in [0.2, 0.25) is 0 Å². The van der Waals surface area contributed by atoms with Gasteiger partial charge in [0.25, 0.3) is 0 Å². The molecule has 0 spiro atoms. The van der Waals surface area contributed by atoms with E-state index in [1.165, 1.54) is 21.8 Å². The molecule has 43 heavy (non-hydrogen) atoms. The minimum absolute atomic E-state index is 0.0333. The Labute approximate surface area is 251 Å². The van der Waals surface area contributed by atoms with Crippen molar-refractivity contribution in [2.24, 2.45) is 0 Å². The third-order valence-corrected chi connectivity index (χ3v) is 7.36. The lowest BCUT2D eigenvalue weighted by atomic mass is 10.1. The molecule has 5 nitrogen and oxygen atoms in total. The molecule has 1 aromatic heterocycles. The van der Waals surface area contributed by atoms with E-state index in [2.05, 4.69) is 77.4 Å². The van der Waals surface area contributed by atoms with E-state index in [4.69, 9.17) is 4.74 Å². The summed E-state index contributed by atoms with van der Waals surface area (Å²) in [4.78, 5) is 2.05. The Kier molecular flexibility index (Phi) is 7.47. The highest BCUT2D eigenvalue weighted by Crippen LogP contribution is 2.32. The van der Waals surface area contributed by atoms with Gasteiger partial charge in [-0.3, -0.25) is 0 Å². The summed E-state index contributed by atoms with van der Waals surface area (Å²) in [5, 5.41) is 21.5. The largest absolute Gasteiger partial charge is 0.457 e. The molecule has 0 fully saturated rings. The number of benzene rings is 4. The van der Waals surface area contributed by atoms with E-state index in [9.17, 15) is 10.5 Å². The number of anilines is 1. The fourth-order valence-corrected chi connectivity index (χ4v) is 5.18. The molecule has 0 saturated heterocycles. The number of hydrogen-bond acceptors (Lipinski definition) is 4. The maximum atomic E-state index is 9.50. The zero-order chi connectivity index (χ0) is 29.8. The quantitative estimate of drug-likeness (QED) is 0.196. The van der Waals surface area contributed by atoms with Crippen molar-refractivity contribution in [3.8, 4) is 17.8 Å². The SMILES string of the molecule is CN(C)c1ccc(/C=C/C2=CC(=C(C#N)C#N)C=C(/C=C/c3ccc(-n4c5ccccc5c5ccccc54)cc3)O2)cc1. The molecule has 0 radical (unpaired) electrons.